The van der Waals surface area contributed by atoms with Gasteiger partial charge in [-0.15, -0.1) is 0 Å². The maximum atomic E-state index is 12.3. The fraction of sp³-hybridized carbons (Fsp3) is 0.200. The van der Waals surface area contributed by atoms with Crippen LogP contribution in [0.15, 0.2) is 42.0 Å². The molecule has 0 unspecified atom stereocenters. The molecule has 0 spiro atoms. The summed E-state index contributed by atoms with van der Waals surface area (Å²) < 4.78 is 0. The largest absolute Gasteiger partial charge is 0.321 e. The van der Waals surface area contributed by atoms with Gasteiger partial charge in [-0.1, -0.05) is 35.4 Å². The Morgan fingerprint density at radius 1 is 1.00 bits per heavy atom. The van der Waals surface area contributed by atoms with Gasteiger partial charge in [-0.05, 0) is 62.6 Å². The van der Waals surface area contributed by atoms with Gasteiger partial charge in [0.1, 0.15) is 11.6 Å². The monoisotopic (exact) mass is 304 g/mol. The number of hydrogen-bond donors (Lipinski definition) is 1. The van der Waals surface area contributed by atoms with Crippen LogP contribution in [0.3, 0.4) is 0 Å². The minimum absolute atomic E-state index is 0.0978. The number of amides is 1. The molecular weight excluding hydrogens is 284 g/mol. The Labute approximate surface area is 137 Å². The van der Waals surface area contributed by atoms with Crippen molar-refractivity contribution in [1.29, 1.82) is 5.26 Å². The zero-order valence-electron chi connectivity index (χ0n) is 13.9. The van der Waals surface area contributed by atoms with Crippen molar-refractivity contribution in [3.05, 3.63) is 69.8 Å². The molecule has 2 aromatic carbocycles. The third-order valence-electron chi connectivity index (χ3n) is 3.70. The summed E-state index contributed by atoms with van der Waals surface area (Å²) >= 11 is 0. The molecule has 3 nitrogen and oxygen atoms in total. The van der Waals surface area contributed by atoms with E-state index in [1.165, 1.54) is 5.56 Å². The van der Waals surface area contributed by atoms with Crippen molar-refractivity contribution in [2.24, 2.45) is 0 Å². The Kier molecular flexibility index (Phi) is 4.98. The van der Waals surface area contributed by atoms with E-state index in [-0.39, 0.29) is 5.57 Å². The van der Waals surface area contributed by atoms with Gasteiger partial charge >= 0.3 is 0 Å². The zero-order chi connectivity index (χ0) is 17.0. The van der Waals surface area contributed by atoms with Crippen LogP contribution in [-0.2, 0) is 4.79 Å². The fourth-order valence-electron chi connectivity index (χ4n) is 2.55. The number of hydrogen-bond acceptors (Lipinski definition) is 2. The number of nitrogens with one attached hydrogen (secondary N) is 1. The van der Waals surface area contributed by atoms with E-state index in [4.69, 9.17) is 0 Å². The highest BCUT2D eigenvalue weighted by molar-refractivity contribution is 6.09. The van der Waals surface area contributed by atoms with Crippen molar-refractivity contribution in [1.82, 2.24) is 0 Å². The Morgan fingerprint density at radius 3 is 2.09 bits per heavy atom. The highest BCUT2D eigenvalue weighted by Gasteiger charge is 2.11. The van der Waals surface area contributed by atoms with E-state index < -0.39 is 5.91 Å². The normalized spacial score (nSPS) is 11.0. The van der Waals surface area contributed by atoms with Crippen LogP contribution in [0, 0.1) is 39.0 Å². The molecule has 1 N–H and O–H groups in total. The predicted octanol–water partition coefficient (Wildman–Crippen LogP) is 4.47. The zero-order valence-corrected chi connectivity index (χ0v) is 13.9. The summed E-state index contributed by atoms with van der Waals surface area (Å²) in [5, 5.41) is 12.1. The second kappa shape index (κ2) is 6.93. The second-order valence-corrected chi connectivity index (χ2v) is 5.80. The van der Waals surface area contributed by atoms with Gasteiger partial charge in [0.25, 0.3) is 5.91 Å². The smallest absolute Gasteiger partial charge is 0.266 e. The molecular formula is C20H20N2O. The summed E-state index contributed by atoms with van der Waals surface area (Å²) in [6, 6.07) is 13.6. The molecule has 0 fully saturated rings. The van der Waals surface area contributed by atoms with E-state index in [0.29, 0.717) is 5.69 Å². The molecule has 0 aromatic heterocycles. The third-order valence-corrected chi connectivity index (χ3v) is 3.70. The van der Waals surface area contributed by atoms with Crippen LogP contribution in [0.5, 0.6) is 0 Å². The first-order chi connectivity index (χ1) is 10.9. The lowest BCUT2D eigenvalue weighted by Crippen LogP contribution is -2.13. The highest BCUT2D eigenvalue weighted by Crippen LogP contribution is 2.20. The molecule has 0 atom stereocenters. The van der Waals surface area contributed by atoms with Gasteiger partial charge in [-0.2, -0.15) is 5.26 Å². The predicted molar refractivity (Wildman–Crippen MR) is 94.1 cm³/mol. The summed E-state index contributed by atoms with van der Waals surface area (Å²) in [5.74, 6) is -0.393. The Morgan fingerprint density at radius 2 is 1.57 bits per heavy atom. The van der Waals surface area contributed by atoms with Gasteiger partial charge in [-0.3, -0.25) is 4.79 Å². The minimum atomic E-state index is -0.393. The van der Waals surface area contributed by atoms with Gasteiger partial charge < -0.3 is 5.32 Å². The number of nitrogens with zero attached hydrogens (tertiary/aromatic N) is 1. The number of aryl methyl sites for hydroxylation is 4. The maximum absolute atomic E-state index is 12.3. The van der Waals surface area contributed by atoms with Crippen LogP contribution in [0.25, 0.3) is 6.08 Å². The van der Waals surface area contributed by atoms with Crippen molar-refractivity contribution in [2.45, 2.75) is 27.7 Å². The molecule has 0 aliphatic rings. The molecule has 3 heteroatoms. The quantitative estimate of drug-likeness (QED) is 0.672. The molecule has 2 aromatic rings. The lowest BCUT2D eigenvalue weighted by molar-refractivity contribution is -0.112. The minimum Gasteiger partial charge on any atom is -0.321 e. The molecule has 0 aliphatic heterocycles. The number of nitriles is 1. The molecule has 0 aliphatic carbocycles. The van der Waals surface area contributed by atoms with Crippen molar-refractivity contribution in [3.8, 4) is 6.07 Å². The van der Waals surface area contributed by atoms with Gasteiger partial charge in [0, 0.05) is 5.69 Å². The molecule has 0 heterocycles. The lowest BCUT2D eigenvalue weighted by atomic mass is 9.98. The maximum Gasteiger partial charge on any atom is 0.266 e. The summed E-state index contributed by atoms with van der Waals surface area (Å²) in [5.41, 5.74) is 6.09. The van der Waals surface area contributed by atoms with Crippen LogP contribution in [-0.4, -0.2) is 5.91 Å². The fourth-order valence-corrected chi connectivity index (χ4v) is 2.55. The van der Waals surface area contributed by atoms with Crippen LogP contribution in [0.1, 0.15) is 27.8 Å². The number of anilines is 1. The SMILES string of the molecule is Cc1ccc(NC(=O)/C(C#N)=C/c2c(C)cc(C)cc2C)cc1. The second-order valence-electron chi connectivity index (χ2n) is 5.80. The first kappa shape index (κ1) is 16.5. The standard InChI is InChI=1S/C20H20N2O/c1-13-5-7-18(8-6-13)22-20(23)17(12-21)11-19-15(3)9-14(2)10-16(19)4/h5-11H,1-4H3,(H,22,23)/b17-11+. The first-order valence-corrected chi connectivity index (χ1v) is 7.48. The van der Waals surface area contributed by atoms with Crippen molar-refractivity contribution in [3.63, 3.8) is 0 Å². The van der Waals surface area contributed by atoms with Crippen LogP contribution < -0.4 is 5.32 Å². The number of carbonyl (C=O) groups is 1. The summed E-state index contributed by atoms with van der Waals surface area (Å²) in [6.45, 7) is 7.98. The van der Waals surface area contributed by atoms with Crippen molar-refractivity contribution >= 4 is 17.7 Å². The molecule has 0 bridgehead atoms. The third kappa shape index (κ3) is 4.08. The number of benzene rings is 2. The van der Waals surface area contributed by atoms with E-state index in [1.807, 2.05) is 70.2 Å². The van der Waals surface area contributed by atoms with Crippen LogP contribution in [0.2, 0.25) is 0 Å². The topological polar surface area (TPSA) is 52.9 Å². The molecule has 2 rings (SSSR count). The molecule has 0 radical (unpaired) electrons. The number of carbonyl (C=O) groups excluding carboxylic acids is 1. The van der Waals surface area contributed by atoms with Crippen LogP contribution >= 0.6 is 0 Å². The van der Waals surface area contributed by atoms with Gasteiger partial charge in [0.2, 0.25) is 0 Å². The van der Waals surface area contributed by atoms with E-state index in [0.717, 1.165) is 22.3 Å². The molecule has 23 heavy (non-hydrogen) atoms. The summed E-state index contributed by atoms with van der Waals surface area (Å²) in [6.07, 6.45) is 1.66. The molecule has 0 saturated carbocycles. The van der Waals surface area contributed by atoms with Crippen molar-refractivity contribution in [2.75, 3.05) is 5.32 Å². The van der Waals surface area contributed by atoms with Crippen LogP contribution in [0.4, 0.5) is 5.69 Å². The highest BCUT2D eigenvalue weighted by atomic mass is 16.1. The first-order valence-electron chi connectivity index (χ1n) is 7.48. The van der Waals surface area contributed by atoms with E-state index in [9.17, 15) is 10.1 Å². The average Bonchev–Trinajstić information content (AvgIpc) is 2.49. The summed E-state index contributed by atoms with van der Waals surface area (Å²) in [7, 11) is 0. The van der Waals surface area contributed by atoms with E-state index in [1.54, 1.807) is 6.08 Å². The van der Waals surface area contributed by atoms with E-state index >= 15 is 0 Å². The summed E-state index contributed by atoms with van der Waals surface area (Å²) in [4.78, 5) is 12.3. The van der Waals surface area contributed by atoms with E-state index in [2.05, 4.69) is 5.32 Å². The van der Waals surface area contributed by atoms with Gasteiger partial charge in [0.05, 0.1) is 0 Å². The van der Waals surface area contributed by atoms with Gasteiger partial charge in [0.15, 0.2) is 0 Å². The lowest BCUT2D eigenvalue weighted by Gasteiger charge is -2.09. The molecule has 0 saturated heterocycles. The molecule has 1 amide bonds. The Bertz CT molecular complexity index is 786. The van der Waals surface area contributed by atoms with Crippen molar-refractivity contribution < 1.29 is 4.79 Å². The Hall–Kier alpha value is -2.86. The average molecular weight is 304 g/mol. The van der Waals surface area contributed by atoms with Gasteiger partial charge in [-0.25, -0.2) is 0 Å². The Balaban J connectivity index is 2.30. The number of rotatable bonds is 3. The molecule has 116 valence electrons.